The molecule has 0 amide bonds. The van der Waals surface area contributed by atoms with E-state index in [0.29, 0.717) is 18.0 Å². The van der Waals surface area contributed by atoms with Crippen LogP contribution in [-0.2, 0) is 9.53 Å². The van der Waals surface area contributed by atoms with Gasteiger partial charge < -0.3 is 16.2 Å². The Labute approximate surface area is 124 Å². The van der Waals surface area contributed by atoms with Gasteiger partial charge in [0.05, 0.1) is 6.61 Å². The average Bonchev–Trinajstić information content (AvgIpc) is 2.45. The summed E-state index contributed by atoms with van der Waals surface area (Å²) in [6.07, 6.45) is 1.47. The number of rotatable bonds is 4. The quantitative estimate of drug-likeness (QED) is 0.513. The number of nitrogen functional groups attached to an aromatic ring is 2. The maximum atomic E-state index is 11.8. The minimum atomic E-state index is -0.391. The Morgan fingerprint density at radius 1 is 1.05 bits per heavy atom. The van der Waals surface area contributed by atoms with Gasteiger partial charge in [0.2, 0.25) is 0 Å². The molecule has 0 saturated heterocycles. The highest BCUT2D eigenvalue weighted by molar-refractivity contribution is 5.96. The smallest absolute Gasteiger partial charge is 0.331 e. The molecule has 0 spiro atoms. The zero-order valence-corrected chi connectivity index (χ0v) is 11.9. The Morgan fingerprint density at radius 2 is 1.57 bits per heavy atom. The monoisotopic (exact) mass is 282 g/mol. The van der Waals surface area contributed by atoms with Crippen molar-refractivity contribution < 1.29 is 9.53 Å². The maximum Gasteiger partial charge on any atom is 0.331 e. The summed E-state index contributed by atoms with van der Waals surface area (Å²) in [7, 11) is 0. The van der Waals surface area contributed by atoms with E-state index in [2.05, 4.69) is 0 Å². The van der Waals surface area contributed by atoms with Crippen molar-refractivity contribution in [2.24, 2.45) is 0 Å². The van der Waals surface area contributed by atoms with Gasteiger partial charge in [-0.25, -0.2) is 4.79 Å². The zero-order valence-electron chi connectivity index (χ0n) is 11.9. The second-order valence-electron chi connectivity index (χ2n) is 4.56. The van der Waals surface area contributed by atoms with E-state index in [1.54, 1.807) is 19.1 Å². The van der Waals surface area contributed by atoms with Crippen molar-refractivity contribution >= 4 is 22.9 Å². The lowest BCUT2D eigenvalue weighted by molar-refractivity contribution is -0.137. The molecule has 2 aromatic rings. The highest BCUT2D eigenvalue weighted by atomic mass is 16.5. The first-order chi connectivity index (χ1) is 10.1. The number of anilines is 2. The van der Waals surface area contributed by atoms with Crippen molar-refractivity contribution in [1.29, 1.82) is 0 Å². The van der Waals surface area contributed by atoms with E-state index in [9.17, 15) is 4.79 Å². The predicted molar refractivity (Wildman–Crippen MR) is 85.4 cm³/mol. The lowest BCUT2D eigenvalue weighted by atomic mass is 9.97. The Bertz CT molecular complexity index is 630. The van der Waals surface area contributed by atoms with Crippen LogP contribution in [-0.4, -0.2) is 12.6 Å². The van der Waals surface area contributed by atoms with Crippen molar-refractivity contribution in [3.8, 4) is 0 Å². The molecule has 4 heteroatoms. The molecule has 0 heterocycles. The number of esters is 1. The van der Waals surface area contributed by atoms with E-state index >= 15 is 0 Å². The Hall–Kier alpha value is -2.75. The van der Waals surface area contributed by atoms with Gasteiger partial charge in [0.15, 0.2) is 0 Å². The summed E-state index contributed by atoms with van der Waals surface area (Å²) in [5.74, 6) is -0.391. The third-order valence-electron chi connectivity index (χ3n) is 2.94. The van der Waals surface area contributed by atoms with Gasteiger partial charge in [-0.05, 0) is 47.9 Å². The van der Waals surface area contributed by atoms with Gasteiger partial charge in [0, 0.05) is 17.5 Å². The van der Waals surface area contributed by atoms with Gasteiger partial charge in [-0.3, -0.25) is 0 Å². The summed E-state index contributed by atoms with van der Waals surface area (Å²) in [5.41, 5.74) is 15.3. The van der Waals surface area contributed by atoms with Crippen LogP contribution in [0, 0.1) is 0 Å². The Balaban J connectivity index is 2.52. The average molecular weight is 282 g/mol. The highest BCUT2D eigenvalue weighted by Gasteiger charge is 2.09. The van der Waals surface area contributed by atoms with Crippen molar-refractivity contribution in [2.75, 3.05) is 18.1 Å². The highest BCUT2D eigenvalue weighted by Crippen LogP contribution is 2.26. The number of ether oxygens (including phenoxy) is 1. The molecule has 2 aromatic carbocycles. The van der Waals surface area contributed by atoms with Gasteiger partial charge in [0.25, 0.3) is 0 Å². The first kappa shape index (κ1) is 14.7. The molecule has 0 aliphatic carbocycles. The maximum absolute atomic E-state index is 11.8. The summed E-state index contributed by atoms with van der Waals surface area (Å²) < 4.78 is 5.00. The van der Waals surface area contributed by atoms with Gasteiger partial charge in [-0.15, -0.1) is 0 Å². The van der Waals surface area contributed by atoms with E-state index in [4.69, 9.17) is 16.2 Å². The molecule has 108 valence electrons. The lowest BCUT2D eigenvalue weighted by Gasteiger charge is -2.10. The number of carbonyl (C=O) groups is 1. The van der Waals surface area contributed by atoms with Crippen molar-refractivity contribution in [3.63, 3.8) is 0 Å². The molecule has 0 saturated carbocycles. The normalized spacial score (nSPS) is 9.95. The molecule has 0 fully saturated rings. The molecule has 0 unspecified atom stereocenters. The lowest BCUT2D eigenvalue weighted by Crippen LogP contribution is -2.02. The summed E-state index contributed by atoms with van der Waals surface area (Å²) in [4.78, 5) is 11.8. The molecule has 0 aromatic heterocycles. The Kier molecular flexibility index (Phi) is 4.61. The zero-order chi connectivity index (χ0) is 15.2. The first-order valence-electron chi connectivity index (χ1n) is 6.70. The van der Waals surface area contributed by atoms with Crippen LogP contribution in [0.2, 0.25) is 0 Å². The van der Waals surface area contributed by atoms with Crippen LogP contribution in [0.15, 0.2) is 54.6 Å². The minimum Gasteiger partial charge on any atom is -0.463 e. The molecule has 4 nitrogen and oxygen atoms in total. The third-order valence-corrected chi connectivity index (χ3v) is 2.94. The number of nitrogens with two attached hydrogens (primary N) is 2. The molecular formula is C17H18N2O2. The second-order valence-corrected chi connectivity index (χ2v) is 4.56. The standard InChI is InChI=1S/C17H18N2O2/c1-2-21-17(20)11-16(12-5-3-7-14(18)9-12)13-6-4-8-15(19)10-13/h3-11H,2,18-19H2,1H3. The summed E-state index contributed by atoms with van der Waals surface area (Å²) in [6, 6.07) is 14.7. The molecule has 2 rings (SSSR count). The molecular weight excluding hydrogens is 264 g/mol. The van der Waals surface area contributed by atoms with Crippen LogP contribution in [0.1, 0.15) is 18.1 Å². The predicted octanol–water partition coefficient (Wildman–Crippen LogP) is 2.85. The Morgan fingerprint density at radius 3 is 2.00 bits per heavy atom. The molecule has 0 aliphatic heterocycles. The van der Waals surface area contributed by atoms with Crippen LogP contribution in [0.3, 0.4) is 0 Å². The van der Waals surface area contributed by atoms with Crippen LogP contribution in [0.5, 0.6) is 0 Å². The van der Waals surface area contributed by atoms with Crippen LogP contribution < -0.4 is 11.5 Å². The van der Waals surface area contributed by atoms with Gasteiger partial charge in [-0.1, -0.05) is 24.3 Å². The van der Waals surface area contributed by atoms with E-state index in [0.717, 1.165) is 16.7 Å². The van der Waals surface area contributed by atoms with Crippen molar-refractivity contribution in [1.82, 2.24) is 0 Å². The molecule has 0 aliphatic rings. The molecule has 0 radical (unpaired) electrons. The van der Waals surface area contributed by atoms with E-state index in [1.807, 2.05) is 36.4 Å². The van der Waals surface area contributed by atoms with Gasteiger partial charge in [0.1, 0.15) is 0 Å². The summed E-state index contributed by atoms with van der Waals surface area (Å²) in [5, 5.41) is 0. The van der Waals surface area contributed by atoms with Gasteiger partial charge >= 0.3 is 5.97 Å². The van der Waals surface area contributed by atoms with Crippen LogP contribution in [0.25, 0.3) is 5.57 Å². The summed E-state index contributed by atoms with van der Waals surface area (Å²) in [6.45, 7) is 2.10. The molecule has 21 heavy (non-hydrogen) atoms. The molecule has 0 atom stereocenters. The van der Waals surface area contributed by atoms with E-state index in [1.165, 1.54) is 6.08 Å². The fourth-order valence-electron chi connectivity index (χ4n) is 2.05. The second kappa shape index (κ2) is 6.61. The number of hydrogen-bond acceptors (Lipinski definition) is 4. The van der Waals surface area contributed by atoms with E-state index in [-0.39, 0.29) is 0 Å². The summed E-state index contributed by atoms with van der Waals surface area (Å²) >= 11 is 0. The number of benzene rings is 2. The third kappa shape index (κ3) is 3.86. The fraction of sp³-hybridized carbons (Fsp3) is 0.118. The van der Waals surface area contributed by atoms with Gasteiger partial charge in [-0.2, -0.15) is 0 Å². The SMILES string of the molecule is CCOC(=O)C=C(c1cccc(N)c1)c1cccc(N)c1. The fourth-order valence-corrected chi connectivity index (χ4v) is 2.05. The van der Waals surface area contributed by atoms with Crippen molar-refractivity contribution in [3.05, 3.63) is 65.7 Å². The number of hydrogen-bond donors (Lipinski definition) is 2. The molecule has 0 bridgehead atoms. The first-order valence-corrected chi connectivity index (χ1v) is 6.70. The van der Waals surface area contributed by atoms with Crippen molar-refractivity contribution in [2.45, 2.75) is 6.92 Å². The van der Waals surface area contributed by atoms with Crippen LogP contribution >= 0.6 is 0 Å². The molecule has 4 N–H and O–H groups in total. The van der Waals surface area contributed by atoms with E-state index < -0.39 is 5.97 Å². The van der Waals surface area contributed by atoms with Crippen LogP contribution in [0.4, 0.5) is 11.4 Å². The topological polar surface area (TPSA) is 78.3 Å². The minimum absolute atomic E-state index is 0.330. The largest absolute Gasteiger partial charge is 0.463 e. The number of carbonyl (C=O) groups excluding carboxylic acids is 1.